The van der Waals surface area contributed by atoms with Crippen LogP contribution in [0, 0.1) is 0 Å². The van der Waals surface area contributed by atoms with Crippen LogP contribution in [0.2, 0.25) is 5.28 Å². The topological polar surface area (TPSA) is 246 Å². The monoisotopic (exact) mass is 945 g/mol. The van der Waals surface area contributed by atoms with Gasteiger partial charge in [-0.05, 0) is 60.8 Å². The number of methoxy groups -OCH3 is 4. The van der Waals surface area contributed by atoms with Crippen molar-refractivity contribution in [3.05, 3.63) is 101 Å². The molecular weight excluding hydrogens is 900 g/mol. The lowest BCUT2D eigenvalue weighted by molar-refractivity contribution is -0.113. The van der Waals surface area contributed by atoms with Crippen molar-refractivity contribution in [1.29, 1.82) is 0 Å². The van der Waals surface area contributed by atoms with Crippen LogP contribution in [-0.2, 0) is 32.6 Å². The van der Waals surface area contributed by atoms with Crippen LogP contribution < -0.4 is 18.5 Å². The molecule has 1 saturated carbocycles. The third kappa shape index (κ3) is 10.8. The maximum absolute atomic E-state index is 15.3. The van der Waals surface area contributed by atoms with Crippen LogP contribution in [0.15, 0.2) is 79.1 Å². The Balaban J connectivity index is 1.38. The third-order valence-electron chi connectivity index (χ3n) is 10.2. The van der Waals surface area contributed by atoms with E-state index in [1.807, 2.05) is 11.9 Å². The van der Waals surface area contributed by atoms with Gasteiger partial charge in [-0.25, -0.2) is 28.5 Å². The number of aromatic nitrogens is 4. The van der Waals surface area contributed by atoms with Gasteiger partial charge in [-0.15, -0.1) is 0 Å². The first kappa shape index (κ1) is 47.9. The molecule has 0 amide bonds. The van der Waals surface area contributed by atoms with Gasteiger partial charge in [0.05, 0.1) is 34.3 Å². The second-order valence-corrected chi connectivity index (χ2v) is 19.0. The van der Waals surface area contributed by atoms with Crippen molar-refractivity contribution in [2.75, 3.05) is 52.9 Å². The Morgan fingerprint density at radius 1 is 0.766 bits per heavy atom. The lowest BCUT2D eigenvalue weighted by Crippen LogP contribution is -2.39. The highest BCUT2D eigenvalue weighted by Crippen LogP contribution is 2.64. The number of aliphatic hydroxyl groups excluding tert-OH is 2. The highest BCUT2D eigenvalue weighted by atomic mass is 35.5. The van der Waals surface area contributed by atoms with E-state index in [1.54, 1.807) is 0 Å². The van der Waals surface area contributed by atoms with Crippen molar-refractivity contribution in [2.24, 2.45) is 0 Å². The summed E-state index contributed by atoms with van der Waals surface area (Å²) in [7, 11) is -3.76. The average molecular weight is 946 g/mol. The number of nitrogens with zero attached hydrogens (tertiary/aromatic N) is 5. The summed E-state index contributed by atoms with van der Waals surface area (Å²) < 4.78 is 75.6. The quantitative estimate of drug-likeness (QED) is 0.0357. The van der Waals surface area contributed by atoms with Gasteiger partial charge >= 0.3 is 33.1 Å². The molecule has 0 saturated heterocycles. The molecule has 4 atom stereocenters. The standard InChI is InChI=1S/C41H46ClN5O15P2/c1-46(25-14-6-7-15-25)35-33-36(45-41(42)44-35)47(23-43-33)37(49)34(48)32(55-2)22-59-63(53,60-29-19-11-8-16-26(29)38(50)56-3)24-64(54,61-30-20-12-9-17-27(30)39(51)57-4)62-31-21-13-10-18-28(31)40(52)58-5/h8-13,16-21,23,25,32,34,37,48-49H,6-7,14-15,22,24H2,1-5H3/t32-,34-,37-,63?/m1/s1. The number of para-hydroxylation sites is 3. The summed E-state index contributed by atoms with van der Waals surface area (Å²) >= 11 is 6.36. The van der Waals surface area contributed by atoms with Crippen LogP contribution in [0.3, 0.4) is 0 Å². The van der Waals surface area contributed by atoms with Crippen LogP contribution in [0.4, 0.5) is 5.82 Å². The molecule has 64 heavy (non-hydrogen) atoms. The molecule has 0 radical (unpaired) electrons. The lowest BCUT2D eigenvalue weighted by Gasteiger charge is -2.29. The minimum absolute atomic E-state index is 0.0882. The summed E-state index contributed by atoms with van der Waals surface area (Å²) in [6.45, 7) is -0.845. The predicted molar refractivity (Wildman–Crippen MR) is 230 cm³/mol. The first-order valence-electron chi connectivity index (χ1n) is 19.6. The van der Waals surface area contributed by atoms with Gasteiger partial charge in [0.2, 0.25) is 5.28 Å². The summed E-state index contributed by atoms with van der Waals surface area (Å²) in [5, 5.41) is 23.1. The van der Waals surface area contributed by atoms with E-state index < -0.39 is 64.0 Å². The Labute approximate surface area is 372 Å². The minimum Gasteiger partial charge on any atom is -0.465 e. The third-order valence-corrected chi connectivity index (χ3v) is 15.1. The zero-order chi connectivity index (χ0) is 46.2. The van der Waals surface area contributed by atoms with Crippen LogP contribution in [0.5, 0.6) is 17.2 Å². The van der Waals surface area contributed by atoms with E-state index in [0.717, 1.165) is 51.6 Å². The maximum atomic E-state index is 15.3. The molecule has 23 heteroatoms. The molecule has 3 aromatic carbocycles. The number of esters is 3. The minimum atomic E-state index is -5.07. The number of rotatable bonds is 20. The van der Waals surface area contributed by atoms with Crippen molar-refractivity contribution in [1.82, 2.24) is 19.5 Å². The molecule has 1 aliphatic carbocycles. The molecule has 1 fully saturated rings. The number of anilines is 1. The highest BCUT2D eigenvalue weighted by molar-refractivity contribution is 7.72. The van der Waals surface area contributed by atoms with Crippen LogP contribution in [-0.4, -0.2) is 114 Å². The summed E-state index contributed by atoms with van der Waals surface area (Å²) in [6.07, 6.45) is -0.0157. The fraction of sp³-hybridized carbons (Fsp3) is 0.366. The molecular formula is C41H46ClN5O15P2. The number of halogens is 1. The fourth-order valence-electron chi connectivity index (χ4n) is 6.94. The maximum Gasteiger partial charge on any atom is 0.444 e. The van der Waals surface area contributed by atoms with Gasteiger partial charge in [0.15, 0.2) is 29.1 Å². The van der Waals surface area contributed by atoms with Crippen molar-refractivity contribution < 1.29 is 70.8 Å². The van der Waals surface area contributed by atoms with Crippen molar-refractivity contribution in [3.63, 3.8) is 0 Å². The number of imidazole rings is 1. The van der Waals surface area contributed by atoms with Crippen molar-refractivity contribution in [2.45, 2.75) is 50.2 Å². The van der Waals surface area contributed by atoms with Gasteiger partial charge in [-0.2, -0.15) is 9.97 Å². The zero-order valence-electron chi connectivity index (χ0n) is 35.3. The Kier molecular flexibility index (Phi) is 15.7. The van der Waals surface area contributed by atoms with E-state index in [2.05, 4.69) is 15.0 Å². The largest absolute Gasteiger partial charge is 0.465 e. The van der Waals surface area contributed by atoms with E-state index >= 15 is 9.13 Å². The van der Waals surface area contributed by atoms with E-state index in [9.17, 15) is 24.6 Å². The van der Waals surface area contributed by atoms with Gasteiger partial charge in [0.25, 0.3) is 0 Å². The molecule has 2 N–H and O–H groups in total. The van der Waals surface area contributed by atoms with Crippen LogP contribution in [0.25, 0.3) is 11.2 Å². The number of aliphatic hydroxyl groups is 2. The van der Waals surface area contributed by atoms with Gasteiger partial charge in [-0.1, -0.05) is 49.2 Å². The Morgan fingerprint density at radius 3 is 1.70 bits per heavy atom. The molecule has 0 aliphatic heterocycles. The molecule has 0 spiro atoms. The van der Waals surface area contributed by atoms with Gasteiger partial charge in [0, 0.05) is 20.2 Å². The number of ether oxygens (including phenoxy) is 4. The SMILES string of the molecule is COC(=O)c1ccccc1OP(=O)(CP(=O)(Oc1ccccc1C(=O)OC)Oc1ccccc1C(=O)OC)OC[C@@H](OC)[C@@H](O)[C@@H](O)n1cnc2c(N(C)C3CCCC3)nc(Cl)nc21. The molecule has 6 rings (SSSR count). The normalized spacial score (nSPS) is 15.4. The van der Waals surface area contributed by atoms with E-state index in [0.29, 0.717) is 11.3 Å². The van der Waals surface area contributed by atoms with Crippen LogP contribution >= 0.6 is 26.8 Å². The van der Waals surface area contributed by atoms with E-state index in [4.69, 9.17) is 48.6 Å². The van der Waals surface area contributed by atoms with E-state index in [-0.39, 0.29) is 50.9 Å². The number of fused-ring (bicyclic) bond motifs is 1. The molecule has 2 aromatic heterocycles. The fourth-order valence-corrected chi connectivity index (χ4v) is 11.7. The molecule has 1 aliphatic rings. The van der Waals surface area contributed by atoms with E-state index in [1.165, 1.54) is 86.2 Å². The Morgan fingerprint density at radius 2 is 1.23 bits per heavy atom. The van der Waals surface area contributed by atoms with Gasteiger partial charge < -0.3 is 47.6 Å². The first-order valence-corrected chi connectivity index (χ1v) is 23.4. The smallest absolute Gasteiger partial charge is 0.444 e. The summed E-state index contributed by atoms with van der Waals surface area (Å²) in [4.78, 5) is 53.5. The number of carbonyl (C=O) groups is 3. The molecule has 5 aromatic rings. The zero-order valence-corrected chi connectivity index (χ0v) is 37.8. The lowest BCUT2D eigenvalue weighted by atomic mass is 10.2. The second-order valence-electron chi connectivity index (χ2n) is 14.3. The number of carbonyl (C=O) groups excluding carboxylic acids is 3. The van der Waals surface area contributed by atoms with Gasteiger partial charge in [0.1, 0.15) is 46.1 Å². The first-order chi connectivity index (χ1) is 30.6. The van der Waals surface area contributed by atoms with Gasteiger partial charge in [-0.3, -0.25) is 9.09 Å². The molecule has 0 bridgehead atoms. The summed E-state index contributed by atoms with van der Waals surface area (Å²) in [5.74, 6) is -4.61. The van der Waals surface area contributed by atoms with Crippen molar-refractivity contribution in [3.8, 4) is 17.2 Å². The average Bonchev–Trinajstić information content (AvgIpc) is 3.99. The number of hydrogen-bond donors (Lipinski definition) is 2. The Hall–Kier alpha value is -5.59. The Bertz CT molecular complexity index is 2510. The molecule has 1 unspecified atom stereocenters. The van der Waals surface area contributed by atoms with Crippen LogP contribution in [0.1, 0.15) is 63.0 Å². The number of hydrogen-bond acceptors (Lipinski definition) is 19. The number of benzene rings is 3. The highest BCUT2D eigenvalue weighted by Gasteiger charge is 2.45. The second kappa shape index (κ2) is 20.9. The van der Waals surface area contributed by atoms with Crippen molar-refractivity contribution >= 4 is 61.7 Å². The predicted octanol–water partition coefficient (Wildman–Crippen LogP) is 6.68. The molecule has 20 nitrogen and oxygen atoms in total. The molecule has 342 valence electrons. The molecule has 2 heterocycles. The summed E-state index contributed by atoms with van der Waals surface area (Å²) in [6, 6.07) is 16.6. The summed E-state index contributed by atoms with van der Waals surface area (Å²) in [5.41, 5.74) is -0.256.